The molecule has 0 saturated carbocycles. The number of rotatable bonds is 8. The summed E-state index contributed by atoms with van der Waals surface area (Å²) < 4.78 is 5.47. The van der Waals surface area contributed by atoms with Gasteiger partial charge in [-0.2, -0.15) is 0 Å². The summed E-state index contributed by atoms with van der Waals surface area (Å²) in [5.74, 6) is 0.890. The number of ether oxygens (including phenoxy) is 1. The zero-order valence-corrected chi connectivity index (χ0v) is 15.7. The first-order valence-corrected chi connectivity index (χ1v) is 9.53. The summed E-state index contributed by atoms with van der Waals surface area (Å²) in [6, 6.07) is 14.7. The van der Waals surface area contributed by atoms with Gasteiger partial charge in [0.2, 0.25) is 0 Å². The van der Waals surface area contributed by atoms with Crippen molar-refractivity contribution in [3.63, 3.8) is 0 Å². The van der Waals surface area contributed by atoms with E-state index in [4.69, 9.17) is 4.74 Å². The molecule has 0 amide bonds. The second kappa shape index (κ2) is 9.11. The lowest BCUT2D eigenvalue weighted by atomic mass is 10.0. The molecule has 0 aromatic heterocycles. The summed E-state index contributed by atoms with van der Waals surface area (Å²) in [7, 11) is 1.70. The Morgan fingerprint density at radius 3 is 2.33 bits per heavy atom. The zero-order chi connectivity index (χ0) is 17.5. The van der Waals surface area contributed by atoms with E-state index in [1.54, 1.807) is 18.9 Å². The molecule has 0 saturated heterocycles. The predicted molar refractivity (Wildman–Crippen MR) is 102 cm³/mol. The third kappa shape index (κ3) is 4.53. The van der Waals surface area contributed by atoms with Crippen molar-refractivity contribution in [2.24, 2.45) is 0 Å². The van der Waals surface area contributed by atoms with Gasteiger partial charge in [-0.15, -0.1) is 11.8 Å². The molecule has 0 aliphatic rings. The molecule has 2 rings (SSSR count). The van der Waals surface area contributed by atoms with E-state index in [0.29, 0.717) is 0 Å². The van der Waals surface area contributed by atoms with Gasteiger partial charge >= 0.3 is 0 Å². The first-order valence-electron chi connectivity index (χ1n) is 8.30. The van der Waals surface area contributed by atoms with Crippen molar-refractivity contribution in [1.82, 2.24) is 5.32 Å². The van der Waals surface area contributed by atoms with Gasteiger partial charge in [-0.1, -0.05) is 37.3 Å². The van der Waals surface area contributed by atoms with Crippen LogP contribution in [0.15, 0.2) is 47.4 Å². The third-order valence-electron chi connectivity index (χ3n) is 4.33. The SMILES string of the molecule is CCc1ccc(C(CO)NC(C)c2ccc(SC)c(OC)c2)cc1. The van der Waals surface area contributed by atoms with Crippen LogP contribution in [0.2, 0.25) is 0 Å². The molecule has 3 nitrogen and oxygen atoms in total. The fraction of sp³-hybridized carbons (Fsp3) is 0.400. The van der Waals surface area contributed by atoms with Crippen LogP contribution in [0.4, 0.5) is 0 Å². The van der Waals surface area contributed by atoms with Crippen LogP contribution in [-0.2, 0) is 6.42 Å². The molecule has 0 spiro atoms. The Labute approximate surface area is 149 Å². The lowest BCUT2D eigenvalue weighted by Gasteiger charge is -2.23. The molecule has 4 heteroatoms. The summed E-state index contributed by atoms with van der Waals surface area (Å²) in [4.78, 5) is 1.13. The first kappa shape index (κ1) is 18.8. The molecular formula is C20H27NO2S. The highest BCUT2D eigenvalue weighted by Gasteiger charge is 2.16. The minimum Gasteiger partial charge on any atom is -0.496 e. The Balaban J connectivity index is 2.14. The van der Waals surface area contributed by atoms with Crippen LogP contribution in [0.25, 0.3) is 0 Å². The minimum absolute atomic E-state index is 0.0653. The number of hydrogen-bond donors (Lipinski definition) is 2. The van der Waals surface area contributed by atoms with Gasteiger partial charge < -0.3 is 15.2 Å². The molecule has 0 bridgehead atoms. The maximum atomic E-state index is 9.79. The van der Waals surface area contributed by atoms with Crippen LogP contribution in [0.1, 0.15) is 42.6 Å². The van der Waals surface area contributed by atoms with Crippen LogP contribution >= 0.6 is 11.8 Å². The molecule has 2 aromatic carbocycles. The summed E-state index contributed by atoms with van der Waals surface area (Å²) in [5, 5.41) is 13.3. The molecule has 0 aliphatic heterocycles. The second-order valence-corrected chi connectivity index (χ2v) is 6.68. The third-order valence-corrected chi connectivity index (χ3v) is 5.11. The van der Waals surface area contributed by atoms with E-state index in [0.717, 1.165) is 28.2 Å². The molecule has 2 unspecified atom stereocenters. The van der Waals surface area contributed by atoms with Crippen molar-refractivity contribution in [3.8, 4) is 5.75 Å². The smallest absolute Gasteiger partial charge is 0.132 e. The summed E-state index contributed by atoms with van der Waals surface area (Å²) in [6.07, 6.45) is 3.07. The monoisotopic (exact) mass is 345 g/mol. The highest BCUT2D eigenvalue weighted by Crippen LogP contribution is 2.31. The van der Waals surface area contributed by atoms with Gasteiger partial charge in [0, 0.05) is 10.9 Å². The van der Waals surface area contributed by atoms with E-state index in [1.807, 2.05) is 6.26 Å². The molecule has 0 fully saturated rings. The Morgan fingerprint density at radius 1 is 1.12 bits per heavy atom. The topological polar surface area (TPSA) is 41.5 Å². The predicted octanol–water partition coefficient (Wildman–Crippen LogP) is 4.36. The number of methoxy groups -OCH3 is 1. The van der Waals surface area contributed by atoms with Gasteiger partial charge in [0.15, 0.2) is 0 Å². The van der Waals surface area contributed by atoms with E-state index in [1.165, 1.54) is 5.56 Å². The number of aliphatic hydroxyl groups is 1. The fourth-order valence-corrected chi connectivity index (χ4v) is 3.31. The van der Waals surface area contributed by atoms with Crippen molar-refractivity contribution >= 4 is 11.8 Å². The Hall–Kier alpha value is -1.49. The number of thioether (sulfide) groups is 1. The largest absolute Gasteiger partial charge is 0.496 e. The van der Waals surface area contributed by atoms with Gasteiger partial charge in [0.05, 0.1) is 19.8 Å². The lowest BCUT2D eigenvalue weighted by molar-refractivity contribution is 0.235. The van der Waals surface area contributed by atoms with E-state index >= 15 is 0 Å². The summed E-state index contributed by atoms with van der Waals surface area (Å²) in [6.45, 7) is 4.32. The van der Waals surface area contributed by atoms with Gasteiger partial charge in [-0.3, -0.25) is 0 Å². The Morgan fingerprint density at radius 2 is 1.79 bits per heavy atom. The molecule has 130 valence electrons. The van der Waals surface area contributed by atoms with Gasteiger partial charge in [-0.25, -0.2) is 0 Å². The van der Waals surface area contributed by atoms with Crippen molar-refractivity contribution in [1.29, 1.82) is 0 Å². The van der Waals surface area contributed by atoms with Crippen LogP contribution in [0.5, 0.6) is 5.75 Å². The average Bonchev–Trinajstić information content (AvgIpc) is 2.65. The van der Waals surface area contributed by atoms with E-state index in [2.05, 4.69) is 61.6 Å². The summed E-state index contributed by atoms with van der Waals surface area (Å²) >= 11 is 1.67. The highest BCUT2D eigenvalue weighted by atomic mass is 32.2. The normalized spacial score (nSPS) is 13.5. The number of hydrogen-bond acceptors (Lipinski definition) is 4. The van der Waals surface area contributed by atoms with Crippen LogP contribution in [0, 0.1) is 0 Å². The van der Waals surface area contributed by atoms with E-state index < -0.39 is 0 Å². The molecule has 0 radical (unpaired) electrons. The molecule has 24 heavy (non-hydrogen) atoms. The molecule has 2 aromatic rings. The van der Waals surface area contributed by atoms with Crippen molar-refractivity contribution in [3.05, 3.63) is 59.2 Å². The maximum absolute atomic E-state index is 9.79. The lowest BCUT2D eigenvalue weighted by Crippen LogP contribution is -2.27. The highest BCUT2D eigenvalue weighted by molar-refractivity contribution is 7.98. The molecule has 0 heterocycles. The fourth-order valence-electron chi connectivity index (χ4n) is 2.76. The average molecular weight is 346 g/mol. The van der Waals surface area contributed by atoms with Crippen molar-refractivity contribution < 1.29 is 9.84 Å². The van der Waals surface area contributed by atoms with Gasteiger partial charge in [-0.05, 0) is 48.4 Å². The molecule has 0 aliphatic carbocycles. The Kier molecular flexibility index (Phi) is 7.16. The van der Waals surface area contributed by atoms with E-state index in [-0.39, 0.29) is 18.7 Å². The van der Waals surface area contributed by atoms with Crippen LogP contribution in [0.3, 0.4) is 0 Å². The van der Waals surface area contributed by atoms with Crippen LogP contribution in [-0.4, -0.2) is 25.1 Å². The summed E-state index contributed by atoms with van der Waals surface area (Å²) in [5.41, 5.74) is 3.56. The number of nitrogens with one attached hydrogen (secondary N) is 1. The minimum atomic E-state index is -0.0860. The second-order valence-electron chi connectivity index (χ2n) is 5.83. The van der Waals surface area contributed by atoms with Gasteiger partial charge in [0.1, 0.15) is 5.75 Å². The quantitative estimate of drug-likeness (QED) is 0.697. The van der Waals surface area contributed by atoms with Gasteiger partial charge in [0.25, 0.3) is 0 Å². The van der Waals surface area contributed by atoms with Crippen LogP contribution < -0.4 is 10.1 Å². The molecular weight excluding hydrogens is 318 g/mol. The number of aliphatic hydroxyl groups excluding tert-OH is 1. The molecule has 2 N–H and O–H groups in total. The standard InChI is InChI=1S/C20H27NO2S/c1-5-15-6-8-16(9-7-15)18(13-22)21-14(2)17-10-11-20(24-4)19(12-17)23-3/h6-12,14,18,21-22H,5,13H2,1-4H3. The number of aryl methyl sites for hydroxylation is 1. The van der Waals surface area contributed by atoms with E-state index in [9.17, 15) is 5.11 Å². The first-order chi connectivity index (χ1) is 11.6. The molecule has 2 atom stereocenters. The zero-order valence-electron chi connectivity index (χ0n) is 14.9. The maximum Gasteiger partial charge on any atom is 0.132 e. The number of benzene rings is 2. The van der Waals surface area contributed by atoms with Crippen molar-refractivity contribution in [2.75, 3.05) is 20.0 Å². The van der Waals surface area contributed by atoms with Crippen molar-refractivity contribution in [2.45, 2.75) is 37.2 Å². The Bertz CT molecular complexity index is 643.